The maximum absolute atomic E-state index is 12.5. The van der Waals surface area contributed by atoms with Gasteiger partial charge in [-0.3, -0.25) is 4.79 Å². The van der Waals surface area contributed by atoms with Gasteiger partial charge in [-0.15, -0.1) is 0 Å². The fourth-order valence-electron chi connectivity index (χ4n) is 2.83. The van der Waals surface area contributed by atoms with Crippen molar-refractivity contribution in [3.63, 3.8) is 0 Å². The van der Waals surface area contributed by atoms with Crippen molar-refractivity contribution in [1.82, 2.24) is 15.1 Å². The van der Waals surface area contributed by atoms with Gasteiger partial charge < -0.3 is 19.9 Å². The number of nitrogens with one attached hydrogen (secondary N) is 1. The standard InChI is InChI=1S/C15H27N3O3/c1-12(2)5-6-16-15(20)18-7-3-4-13(18)14(19)17-8-10-21-11-9-17/h12-13H,3-11H2,1-2H3,(H,16,20)/t13-/m1/s1. The normalized spacial score (nSPS) is 22.7. The molecular formula is C15H27N3O3. The molecule has 0 radical (unpaired) electrons. The van der Waals surface area contributed by atoms with Crippen LogP contribution in [0.15, 0.2) is 0 Å². The molecule has 6 heteroatoms. The first kappa shape index (κ1) is 16.1. The summed E-state index contributed by atoms with van der Waals surface area (Å²) in [7, 11) is 0. The zero-order chi connectivity index (χ0) is 15.2. The van der Waals surface area contributed by atoms with E-state index in [1.54, 1.807) is 4.90 Å². The second kappa shape index (κ2) is 7.64. The molecule has 1 N–H and O–H groups in total. The minimum absolute atomic E-state index is 0.0785. The predicted octanol–water partition coefficient (Wildman–Crippen LogP) is 1.07. The first-order valence-corrected chi connectivity index (χ1v) is 8.00. The van der Waals surface area contributed by atoms with Crippen LogP contribution in [0.3, 0.4) is 0 Å². The SMILES string of the molecule is CC(C)CCNC(=O)N1CCC[C@@H]1C(=O)N1CCOCC1. The van der Waals surface area contributed by atoms with Gasteiger partial charge in [0.15, 0.2) is 0 Å². The average Bonchev–Trinajstić information content (AvgIpc) is 2.96. The van der Waals surface area contributed by atoms with Gasteiger partial charge in [-0.05, 0) is 25.2 Å². The fraction of sp³-hybridized carbons (Fsp3) is 0.867. The molecule has 0 unspecified atom stereocenters. The van der Waals surface area contributed by atoms with E-state index in [2.05, 4.69) is 19.2 Å². The third kappa shape index (κ3) is 4.33. The van der Waals surface area contributed by atoms with E-state index < -0.39 is 0 Å². The van der Waals surface area contributed by atoms with Crippen molar-refractivity contribution >= 4 is 11.9 Å². The zero-order valence-electron chi connectivity index (χ0n) is 13.1. The Bertz CT molecular complexity index is 367. The van der Waals surface area contributed by atoms with E-state index in [9.17, 15) is 9.59 Å². The maximum atomic E-state index is 12.5. The van der Waals surface area contributed by atoms with Crippen molar-refractivity contribution in [3.05, 3.63) is 0 Å². The van der Waals surface area contributed by atoms with Crippen molar-refractivity contribution in [2.75, 3.05) is 39.4 Å². The number of hydrogen-bond donors (Lipinski definition) is 1. The molecule has 1 atom stereocenters. The molecule has 21 heavy (non-hydrogen) atoms. The van der Waals surface area contributed by atoms with Gasteiger partial charge in [-0.1, -0.05) is 13.8 Å². The number of carbonyl (C=O) groups excluding carboxylic acids is 2. The number of likely N-dealkylation sites (tertiary alicyclic amines) is 1. The number of rotatable bonds is 4. The minimum Gasteiger partial charge on any atom is -0.378 e. The molecule has 0 aromatic carbocycles. The summed E-state index contributed by atoms with van der Waals surface area (Å²) in [6.07, 6.45) is 2.63. The first-order chi connectivity index (χ1) is 10.1. The Kier molecular flexibility index (Phi) is 5.85. The van der Waals surface area contributed by atoms with Crippen molar-refractivity contribution in [2.45, 2.75) is 39.2 Å². The predicted molar refractivity (Wildman–Crippen MR) is 80.0 cm³/mol. The molecule has 2 fully saturated rings. The minimum atomic E-state index is -0.290. The molecule has 0 bridgehead atoms. The lowest BCUT2D eigenvalue weighted by Gasteiger charge is -2.32. The number of carbonyl (C=O) groups is 2. The van der Waals surface area contributed by atoms with Crippen LogP contribution < -0.4 is 5.32 Å². The van der Waals surface area contributed by atoms with Crippen molar-refractivity contribution in [3.8, 4) is 0 Å². The molecule has 0 saturated carbocycles. The van der Waals surface area contributed by atoms with Crippen molar-refractivity contribution in [1.29, 1.82) is 0 Å². The first-order valence-electron chi connectivity index (χ1n) is 8.00. The van der Waals surface area contributed by atoms with Crippen LogP contribution in [0.5, 0.6) is 0 Å². The van der Waals surface area contributed by atoms with E-state index in [0.29, 0.717) is 45.3 Å². The van der Waals surface area contributed by atoms with E-state index in [0.717, 1.165) is 19.3 Å². The molecule has 2 aliphatic heterocycles. The van der Waals surface area contributed by atoms with E-state index in [1.165, 1.54) is 0 Å². The molecule has 2 saturated heterocycles. The van der Waals surface area contributed by atoms with Gasteiger partial charge in [0.05, 0.1) is 13.2 Å². The van der Waals surface area contributed by atoms with Crippen LogP contribution in [0.2, 0.25) is 0 Å². The average molecular weight is 297 g/mol. The van der Waals surface area contributed by atoms with Crippen LogP contribution in [-0.4, -0.2) is 67.2 Å². The summed E-state index contributed by atoms with van der Waals surface area (Å²) < 4.78 is 5.28. The van der Waals surface area contributed by atoms with Crippen LogP contribution in [0.1, 0.15) is 33.1 Å². The number of urea groups is 1. The Balaban J connectivity index is 1.86. The van der Waals surface area contributed by atoms with Gasteiger partial charge in [-0.2, -0.15) is 0 Å². The quantitative estimate of drug-likeness (QED) is 0.844. The summed E-state index contributed by atoms with van der Waals surface area (Å²) in [5.74, 6) is 0.643. The van der Waals surface area contributed by atoms with Gasteiger partial charge in [0, 0.05) is 26.2 Å². The Morgan fingerprint density at radius 1 is 1.24 bits per heavy atom. The van der Waals surface area contributed by atoms with E-state index in [1.807, 2.05) is 4.90 Å². The van der Waals surface area contributed by atoms with Crippen molar-refractivity contribution in [2.24, 2.45) is 5.92 Å². The summed E-state index contributed by atoms with van der Waals surface area (Å²) in [5.41, 5.74) is 0. The number of ether oxygens (including phenoxy) is 1. The number of morpholine rings is 1. The van der Waals surface area contributed by atoms with Crippen LogP contribution in [-0.2, 0) is 9.53 Å². The Morgan fingerprint density at radius 2 is 1.95 bits per heavy atom. The maximum Gasteiger partial charge on any atom is 0.318 e. The third-order valence-corrected chi connectivity index (χ3v) is 4.12. The molecule has 3 amide bonds. The van der Waals surface area contributed by atoms with E-state index in [4.69, 9.17) is 4.74 Å². The second-order valence-corrected chi connectivity index (χ2v) is 6.20. The summed E-state index contributed by atoms with van der Waals surface area (Å²) >= 11 is 0. The smallest absolute Gasteiger partial charge is 0.318 e. The van der Waals surface area contributed by atoms with Crippen LogP contribution in [0.25, 0.3) is 0 Å². The van der Waals surface area contributed by atoms with Crippen LogP contribution in [0, 0.1) is 5.92 Å². The molecule has 0 aromatic rings. The molecule has 2 heterocycles. The molecule has 6 nitrogen and oxygen atoms in total. The Labute approximate surface area is 126 Å². The molecule has 0 aromatic heterocycles. The molecular weight excluding hydrogens is 270 g/mol. The number of nitrogens with zero attached hydrogens (tertiary/aromatic N) is 2. The van der Waals surface area contributed by atoms with Crippen molar-refractivity contribution < 1.29 is 14.3 Å². The second-order valence-electron chi connectivity index (χ2n) is 6.20. The van der Waals surface area contributed by atoms with Gasteiger partial charge >= 0.3 is 6.03 Å². The van der Waals surface area contributed by atoms with Crippen LogP contribution >= 0.6 is 0 Å². The van der Waals surface area contributed by atoms with Gasteiger partial charge in [0.25, 0.3) is 0 Å². The molecule has 0 aliphatic carbocycles. The molecule has 2 aliphatic rings. The highest BCUT2D eigenvalue weighted by Crippen LogP contribution is 2.20. The summed E-state index contributed by atoms with van der Waals surface area (Å²) in [4.78, 5) is 28.3. The Morgan fingerprint density at radius 3 is 2.62 bits per heavy atom. The number of hydrogen-bond acceptors (Lipinski definition) is 3. The van der Waals surface area contributed by atoms with E-state index >= 15 is 0 Å². The van der Waals surface area contributed by atoms with Gasteiger partial charge in [0.2, 0.25) is 5.91 Å². The lowest BCUT2D eigenvalue weighted by atomic mass is 10.1. The highest BCUT2D eigenvalue weighted by Gasteiger charge is 2.36. The molecule has 0 spiro atoms. The van der Waals surface area contributed by atoms with Gasteiger partial charge in [0.1, 0.15) is 6.04 Å². The third-order valence-electron chi connectivity index (χ3n) is 4.12. The summed E-state index contributed by atoms with van der Waals surface area (Å²) in [6.45, 7) is 8.08. The van der Waals surface area contributed by atoms with Gasteiger partial charge in [-0.25, -0.2) is 4.79 Å². The fourth-order valence-corrected chi connectivity index (χ4v) is 2.83. The van der Waals surface area contributed by atoms with Crippen LogP contribution in [0.4, 0.5) is 4.79 Å². The zero-order valence-corrected chi connectivity index (χ0v) is 13.1. The lowest BCUT2D eigenvalue weighted by Crippen LogP contribution is -2.53. The molecule has 120 valence electrons. The highest BCUT2D eigenvalue weighted by atomic mass is 16.5. The number of amides is 3. The lowest BCUT2D eigenvalue weighted by molar-refractivity contribution is -0.139. The largest absolute Gasteiger partial charge is 0.378 e. The Hall–Kier alpha value is -1.30. The topological polar surface area (TPSA) is 61.9 Å². The monoisotopic (exact) mass is 297 g/mol. The summed E-state index contributed by atoms with van der Waals surface area (Å²) in [6, 6.07) is -0.387. The van der Waals surface area contributed by atoms with E-state index in [-0.39, 0.29) is 18.0 Å². The highest BCUT2D eigenvalue weighted by molar-refractivity contribution is 5.87. The summed E-state index contributed by atoms with van der Waals surface area (Å²) in [5, 5.41) is 2.94. The molecule has 2 rings (SSSR count).